The van der Waals surface area contributed by atoms with Crippen molar-refractivity contribution >= 4 is 5.78 Å². The Kier molecular flexibility index (Phi) is 3.86. The molecule has 2 N–H and O–H groups in total. The van der Waals surface area contributed by atoms with E-state index in [9.17, 15) is 9.18 Å². The topological polar surface area (TPSA) is 83.0 Å². The molecular formula is C12H13FN4O2. The molecule has 0 bridgehead atoms. The number of hydrogen-bond acceptors (Lipinski definition) is 5. The molecule has 0 aliphatic rings. The van der Waals surface area contributed by atoms with Crippen molar-refractivity contribution < 1.29 is 13.9 Å². The maximum atomic E-state index is 13.2. The third-order valence-electron chi connectivity index (χ3n) is 2.54. The molecule has 0 unspecified atom stereocenters. The number of methoxy groups -OCH3 is 1. The molecule has 1 aromatic heterocycles. The van der Waals surface area contributed by atoms with Gasteiger partial charge in [0.25, 0.3) is 0 Å². The van der Waals surface area contributed by atoms with E-state index >= 15 is 0 Å². The van der Waals surface area contributed by atoms with Crippen LogP contribution in [0.1, 0.15) is 16.1 Å². The third-order valence-corrected chi connectivity index (χ3v) is 2.54. The molecule has 0 radical (unpaired) electrons. The van der Waals surface area contributed by atoms with E-state index in [4.69, 9.17) is 10.5 Å². The van der Waals surface area contributed by atoms with Crippen molar-refractivity contribution in [3.05, 3.63) is 41.5 Å². The van der Waals surface area contributed by atoms with Crippen molar-refractivity contribution in [2.24, 2.45) is 5.73 Å². The number of carbonyl (C=O) groups is 1. The molecule has 100 valence electrons. The van der Waals surface area contributed by atoms with Crippen LogP contribution in [0.4, 0.5) is 4.39 Å². The van der Waals surface area contributed by atoms with Gasteiger partial charge in [0.05, 0.1) is 25.4 Å². The largest absolute Gasteiger partial charge is 0.496 e. The van der Waals surface area contributed by atoms with Crippen LogP contribution in [0.3, 0.4) is 0 Å². The zero-order chi connectivity index (χ0) is 13.8. The van der Waals surface area contributed by atoms with Gasteiger partial charge in [-0.3, -0.25) is 9.48 Å². The quantitative estimate of drug-likeness (QED) is 0.800. The van der Waals surface area contributed by atoms with Crippen molar-refractivity contribution in [1.82, 2.24) is 15.0 Å². The van der Waals surface area contributed by atoms with Gasteiger partial charge in [-0.15, -0.1) is 5.10 Å². The molecule has 1 aromatic carbocycles. The monoisotopic (exact) mass is 264 g/mol. The molecule has 0 atom stereocenters. The summed E-state index contributed by atoms with van der Waals surface area (Å²) in [5.41, 5.74) is 5.62. The summed E-state index contributed by atoms with van der Waals surface area (Å²) in [7, 11) is 1.41. The highest BCUT2D eigenvalue weighted by atomic mass is 19.1. The Morgan fingerprint density at radius 2 is 2.32 bits per heavy atom. The van der Waals surface area contributed by atoms with Crippen LogP contribution in [0.2, 0.25) is 0 Å². The number of nitrogens with two attached hydrogens (primary N) is 1. The predicted octanol–water partition coefficient (Wildman–Crippen LogP) is 0.616. The van der Waals surface area contributed by atoms with Gasteiger partial charge in [0.2, 0.25) is 5.78 Å². The van der Waals surface area contributed by atoms with Gasteiger partial charge in [-0.2, -0.15) is 0 Å². The number of hydrogen-bond donors (Lipinski definition) is 1. The fraction of sp³-hybridized carbons (Fsp3) is 0.250. The van der Waals surface area contributed by atoms with E-state index in [0.29, 0.717) is 18.8 Å². The van der Waals surface area contributed by atoms with Crippen LogP contribution in [0.15, 0.2) is 24.4 Å². The molecule has 0 fully saturated rings. The molecule has 1 heterocycles. The van der Waals surface area contributed by atoms with Crippen molar-refractivity contribution in [3.63, 3.8) is 0 Å². The average Bonchev–Trinajstić information content (AvgIpc) is 2.87. The van der Waals surface area contributed by atoms with Crippen LogP contribution in [0.25, 0.3) is 0 Å². The molecular weight excluding hydrogens is 251 g/mol. The van der Waals surface area contributed by atoms with Gasteiger partial charge >= 0.3 is 0 Å². The Balaban J connectivity index is 2.34. The van der Waals surface area contributed by atoms with E-state index < -0.39 is 11.6 Å². The highest BCUT2D eigenvalue weighted by Gasteiger charge is 2.18. The summed E-state index contributed by atoms with van der Waals surface area (Å²) in [6, 6.07) is 3.73. The highest BCUT2D eigenvalue weighted by Crippen LogP contribution is 2.21. The molecule has 2 aromatic rings. The fourth-order valence-electron chi connectivity index (χ4n) is 1.64. The van der Waals surface area contributed by atoms with Gasteiger partial charge in [0.15, 0.2) is 5.69 Å². The van der Waals surface area contributed by atoms with Gasteiger partial charge in [0.1, 0.15) is 11.6 Å². The number of ether oxygens (including phenoxy) is 1. The van der Waals surface area contributed by atoms with Gasteiger partial charge in [-0.25, -0.2) is 4.39 Å². The van der Waals surface area contributed by atoms with Crippen molar-refractivity contribution in [3.8, 4) is 5.75 Å². The Bertz CT molecular complexity index is 597. The number of halogens is 1. The van der Waals surface area contributed by atoms with Crippen LogP contribution in [0, 0.1) is 5.82 Å². The second-order valence-electron chi connectivity index (χ2n) is 3.83. The smallest absolute Gasteiger partial charge is 0.218 e. The Labute approximate surface area is 109 Å². The lowest BCUT2D eigenvalue weighted by atomic mass is 10.1. The summed E-state index contributed by atoms with van der Waals surface area (Å²) >= 11 is 0. The number of ketones is 1. The predicted molar refractivity (Wildman–Crippen MR) is 65.5 cm³/mol. The first-order valence-corrected chi connectivity index (χ1v) is 5.64. The van der Waals surface area contributed by atoms with Crippen LogP contribution >= 0.6 is 0 Å². The van der Waals surface area contributed by atoms with E-state index in [2.05, 4.69) is 10.3 Å². The van der Waals surface area contributed by atoms with Crippen LogP contribution < -0.4 is 10.5 Å². The van der Waals surface area contributed by atoms with E-state index in [-0.39, 0.29) is 11.3 Å². The molecule has 0 saturated heterocycles. The summed E-state index contributed by atoms with van der Waals surface area (Å²) in [4.78, 5) is 12.2. The summed E-state index contributed by atoms with van der Waals surface area (Å²) in [6.45, 7) is 0.848. The Hall–Kier alpha value is -2.28. The second-order valence-corrected chi connectivity index (χ2v) is 3.83. The first kappa shape index (κ1) is 13.2. The van der Waals surface area contributed by atoms with E-state index in [0.717, 1.165) is 6.07 Å². The minimum absolute atomic E-state index is 0.113. The van der Waals surface area contributed by atoms with Gasteiger partial charge in [-0.1, -0.05) is 5.21 Å². The normalized spacial score (nSPS) is 10.5. The van der Waals surface area contributed by atoms with Crippen molar-refractivity contribution in [1.29, 1.82) is 0 Å². The lowest BCUT2D eigenvalue weighted by molar-refractivity contribution is 0.103. The number of benzene rings is 1. The number of nitrogens with zero attached hydrogens (tertiary/aromatic N) is 3. The minimum Gasteiger partial charge on any atom is -0.496 e. The molecule has 0 aliphatic heterocycles. The maximum Gasteiger partial charge on any atom is 0.218 e. The lowest BCUT2D eigenvalue weighted by Crippen LogP contribution is -2.10. The average molecular weight is 264 g/mol. The summed E-state index contributed by atoms with van der Waals surface area (Å²) < 4.78 is 19.7. The molecule has 0 saturated carbocycles. The zero-order valence-electron chi connectivity index (χ0n) is 10.3. The molecule has 2 rings (SSSR count). The Morgan fingerprint density at radius 3 is 3.00 bits per heavy atom. The molecule has 0 amide bonds. The Morgan fingerprint density at radius 1 is 1.53 bits per heavy atom. The SMILES string of the molecule is COc1ccc(F)cc1C(=O)c1cn(CCN)nn1. The first-order valence-electron chi connectivity index (χ1n) is 5.64. The first-order chi connectivity index (χ1) is 9.15. The van der Waals surface area contributed by atoms with Crippen LogP contribution in [0.5, 0.6) is 5.75 Å². The number of carbonyl (C=O) groups excluding carboxylic acids is 1. The summed E-state index contributed by atoms with van der Waals surface area (Å²) in [5.74, 6) is -0.669. The number of rotatable bonds is 5. The van der Waals surface area contributed by atoms with Crippen molar-refractivity contribution in [2.75, 3.05) is 13.7 Å². The standard InChI is InChI=1S/C12H13FN4O2/c1-19-11-3-2-8(13)6-9(11)12(18)10-7-17(5-4-14)16-15-10/h2-3,6-7H,4-5,14H2,1H3. The van der Waals surface area contributed by atoms with Crippen LogP contribution in [-0.2, 0) is 6.54 Å². The van der Waals surface area contributed by atoms with Gasteiger partial charge < -0.3 is 10.5 Å². The van der Waals surface area contributed by atoms with Crippen molar-refractivity contribution in [2.45, 2.75) is 6.54 Å². The van der Waals surface area contributed by atoms with E-state index in [1.165, 1.54) is 30.1 Å². The minimum atomic E-state index is -0.515. The fourth-order valence-corrected chi connectivity index (χ4v) is 1.64. The lowest BCUT2D eigenvalue weighted by Gasteiger charge is -2.05. The maximum absolute atomic E-state index is 13.2. The zero-order valence-corrected chi connectivity index (χ0v) is 10.3. The van der Waals surface area contributed by atoms with Crippen LogP contribution in [-0.4, -0.2) is 34.4 Å². The molecule has 19 heavy (non-hydrogen) atoms. The molecule has 0 aliphatic carbocycles. The highest BCUT2D eigenvalue weighted by molar-refractivity contribution is 6.09. The second kappa shape index (κ2) is 5.57. The third kappa shape index (κ3) is 2.76. The van der Waals surface area contributed by atoms with Gasteiger partial charge in [-0.05, 0) is 18.2 Å². The van der Waals surface area contributed by atoms with E-state index in [1.807, 2.05) is 0 Å². The number of aromatic nitrogens is 3. The molecule has 7 heteroatoms. The molecule has 6 nitrogen and oxygen atoms in total. The molecule has 0 spiro atoms. The summed E-state index contributed by atoms with van der Waals surface area (Å²) in [5, 5.41) is 7.51. The summed E-state index contributed by atoms with van der Waals surface area (Å²) in [6.07, 6.45) is 1.47. The van der Waals surface area contributed by atoms with Gasteiger partial charge in [0, 0.05) is 6.54 Å². The van der Waals surface area contributed by atoms with E-state index in [1.54, 1.807) is 0 Å².